The minimum Gasteiger partial charge on any atom is -0.444 e. The summed E-state index contributed by atoms with van der Waals surface area (Å²) in [4.78, 5) is 32.4. The Hall–Kier alpha value is -3.95. The minimum atomic E-state index is -4.72. The first-order valence-electron chi connectivity index (χ1n) is 11.2. The fraction of sp³-hybridized carbons (Fsp3) is 0.478. The molecule has 1 saturated heterocycles. The molecule has 13 heteroatoms. The van der Waals surface area contributed by atoms with Gasteiger partial charge in [0.2, 0.25) is 5.95 Å². The van der Waals surface area contributed by atoms with Gasteiger partial charge in [-0.25, -0.2) is 24.7 Å². The first kappa shape index (κ1) is 25.2. The summed E-state index contributed by atoms with van der Waals surface area (Å²) >= 11 is 0. The van der Waals surface area contributed by atoms with Crippen molar-refractivity contribution in [1.29, 1.82) is 5.26 Å². The van der Waals surface area contributed by atoms with E-state index >= 15 is 0 Å². The van der Waals surface area contributed by atoms with Crippen molar-refractivity contribution < 1.29 is 22.7 Å². The predicted octanol–water partition coefficient (Wildman–Crippen LogP) is 3.94. The molecule has 190 valence electrons. The monoisotopic (exact) mass is 502 g/mol. The summed E-state index contributed by atoms with van der Waals surface area (Å²) in [6, 6.07) is 2.49. The Morgan fingerprint density at radius 3 is 2.50 bits per heavy atom. The number of aromatic nitrogens is 5. The molecular formula is C23H25F3N8O2. The van der Waals surface area contributed by atoms with E-state index in [1.807, 2.05) is 6.07 Å². The van der Waals surface area contributed by atoms with E-state index in [4.69, 9.17) is 10.00 Å². The minimum absolute atomic E-state index is 0.00500. The van der Waals surface area contributed by atoms with Gasteiger partial charge in [-0.05, 0) is 40.7 Å². The van der Waals surface area contributed by atoms with Crippen molar-refractivity contribution >= 4 is 22.9 Å². The number of carbonyl (C=O) groups excluding carboxylic acids is 1. The smallest absolute Gasteiger partial charge is 0.418 e. The highest BCUT2D eigenvalue weighted by Gasteiger charge is 2.40. The molecule has 3 aromatic heterocycles. The largest absolute Gasteiger partial charge is 0.444 e. The second-order valence-corrected chi connectivity index (χ2v) is 9.64. The molecule has 3 aromatic rings. The third kappa shape index (κ3) is 4.75. The molecule has 0 spiro atoms. The van der Waals surface area contributed by atoms with Crippen LogP contribution in [0.3, 0.4) is 0 Å². The fourth-order valence-corrected chi connectivity index (χ4v) is 4.15. The van der Waals surface area contributed by atoms with E-state index in [0.29, 0.717) is 0 Å². The van der Waals surface area contributed by atoms with Crippen LogP contribution in [0.5, 0.6) is 0 Å². The van der Waals surface area contributed by atoms with E-state index < -0.39 is 23.4 Å². The van der Waals surface area contributed by atoms with Crippen LogP contribution in [-0.2, 0) is 10.9 Å². The highest BCUT2D eigenvalue weighted by atomic mass is 19.4. The number of piperazine rings is 1. The van der Waals surface area contributed by atoms with E-state index in [0.717, 1.165) is 10.8 Å². The quantitative estimate of drug-likeness (QED) is 0.518. The van der Waals surface area contributed by atoms with Crippen molar-refractivity contribution in [3.63, 3.8) is 0 Å². The van der Waals surface area contributed by atoms with Gasteiger partial charge in [0.15, 0.2) is 5.65 Å². The van der Waals surface area contributed by atoms with Crippen LogP contribution in [0.15, 0.2) is 24.8 Å². The molecule has 0 saturated carbocycles. The van der Waals surface area contributed by atoms with Gasteiger partial charge >= 0.3 is 12.3 Å². The van der Waals surface area contributed by atoms with Crippen LogP contribution in [-0.4, -0.2) is 66.3 Å². The molecule has 1 fully saturated rings. The summed E-state index contributed by atoms with van der Waals surface area (Å²) in [5.41, 5.74) is -1.67. The zero-order chi connectivity index (χ0) is 26.4. The standard InChI is InChI=1S/C23H25F3N8O2/c1-13-10-33(21(35)36-22(3,4)5)14(2)9-32(13)18-17-16(23(24,25)26)11-34(19(17)30-12-29-18)20-28-7-6-15(8-27)31-20/h6-7,11-14H,9-10H2,1-5H3/t13-,14+/m0/s1. The third-order valence-corrected chi connectivity index (χ3v) is 5.73. The lowest BCUT2D eigenvalue weighted by molar-refractivity contribution is -0.136. The number of fused-ring (bicyclic) bond motifs is 1. The molecule has 2 atom stereocenters. The third-order valence-electron chi connectivity index (χ3n) is 5.73. The van der Waals surface area contributed by atoms with Crippen molar-refractivity contribution in [2.24, 2.45) is 0 Å². The molecule has 0 N–H and O–H groups in total. The maximum absolute atomic E-state index is 14.2. The molecule has 4 heterocycles. The van der Waals surface area contributed by atoms with Gasteiger partial charge in [0.25, 0.3) is 0 Å². The van der Waals surface area contributed by atoms with Crippen LogP contribution in [0.1, 0.15) is 45.9 Å². The molecule has 36 heavy (non-hydrogen) atoms. The molecule has 0 aromatic carbocycles. The Balaban J connectivity index is 1.79. The number of halogens is 3. The van der Waals surface area contributed by atoms with E-state index in [1.165, 1.54) is 18.6 Å². The van der Waals surface area contributed by atoms with Crippen molar-refractivity contribution in [2.75, 3.05) is 18.0 Å². The SMILES string of the molecule is C[C@@H]1CN(c2ncnc3c2c(C(F)(F)F)cn3-c2nccc(C#N)n2)[C@@H](C)CN1C(=O)OC(C)(C)C. The van der Waals surface area contributed by atoms with Gasteiger partial charge < -0.3 is 14.5 Å². The highest BCUT2D eigenvalue weighted by molar-refractivity contribution is 5.93. The summed E-state index contributed by atoms with van der Waals surface area (Å²) < 4.78 is 49.2. The molecule has 0 unspecified atom stereocenters. The average molecular weight is 503 g/mol. The lowest BCUT2D eigenvalue weighted by Crippen LogP contribution is -2.59. The number of amides is 1. The highest BCUT2D eigenvalue weighted by Crippen LogP contribution is 2.40. The molecule has 10 nitrogen and oxygen atoms in total. The predicted molar refractivity (Wildman–Crippen MR) is 123 cm³/mol. The summed E-state index contributed by atoms with van der Waals surface area (Å²) in [7, 11) is 0. The first-order chi connectivity index (χ1) is 16.8. The number of nitriles is 1. The maximum Gasteiger partial charge on any atom is 0.418 e. The average Bonchev–Trinajstić information content (AvgIpc) is 3.20. The van der Waals surface area contributed by atoms with Gasteiger partial charge in [-0.15, -0.1) is 0 Å². The number of hydrogen-bond donors (Lipinski definition) is 0. The van der Waals surface area contributed by atoms with Crippen LogP contribution in [0.2, 0.25) is 0 Å². The van der Waals surface area contributed by atoms with E-state index in [2.05, 4.69) is 19.9 Å². The van der Waals surface area contributed by atoms with Gasteiger partial charge in [0.1, 0.15) is 29.5 Å². The normalized spacial score (nSPS) is 18.9. The molecule has 0 bridgehead atoms. The molecule has 0 radical (unpaired) electrons. The van der Waals surface area contributed by atoms with Crippen molar-refractivity contribution in [3.8, 4) is 12.0 Å². The Morgan fingerprint density at radius 1 is 1.14 bits per heavy atom. The van der Waals surface area contributed by atoms with Gasteiger partial charge in [-0.2, -0.15) is 18.4 Å². The number of anilines is 1. The Kier molecular flexibility index (Phi) is 6.24. The van der Waals surface area contributed by atoms with Crippen LogP contribution < -0.4 is 4.90 Å². The van der Waals surface area contributed by atoms with E-state index in [-0.39, 0.29) is 53.7 Å². The zero-order valence-corrected chi connectivity index (χ0v) is 20.4. The number of hydrogen-bond acceptors (Lipinski definition) is 8. The van der Waals surface area contributed by atoms with E-state index in [9.17, 15) is 18.0 Å². The number of ether oxygens (including phenoxy) is 1. The van der Waals surface area contributed by atoms with Gasteiger partial charge in [0, 0.05) is 37.6 Å². The topological polar surface area (TPSA) is 113 Å². The molecule has 1 amide bonds. The fourth-order valence-electron chi connectivity index (χ4n) is 4.15. The molecule has 1 aliphatic heterocycles. The van der Waals surface area contributed by atoms with Crippen LogP contribution in [0.25, 0.3) is 17.0 Å². The summed E-state index contributed by atoms with van der Waals surface area (Å²) in [5.74, 6) is -0.0268. The number of rotatable bonds is 2. The zero-order valence-electron chi connectivity index (χ0n) is 20.4. The van der Waals surface area contributed by atoms with Gasteiger partial charge in [-0.3, -0.25) is 4.57 Å². The molecule has 4 rings (SSSR count). The molecular weight excluding hydrogens is 477 g/mol. The first-order valence-corrected chi connectivity index (χ1v) is 11.2. The lowest BCUT2D eigenvalue weighted by Gasteiger charge is -2.44. The Labute approximate surface area is 205 Å². The van der Waals surface area contributed by atoms with E-state index in [1.54, 1.807) is 44.4 Å². The summed E-state index contributed by atoms with van der Waals surface area (Å²) in [5, 5.41) is 8.94. The molecule has 0 aliphatic carbocycles. The Morgan fingerprint density at radius 2 is 1.86 bits per heavy atom. The van der Waals surface area contributed by atoms with Crippen molar-refractivity contribution in [3.05, 3.63) is 36.0 Å². The Bertz CT molecular complexity index is 1340. The van der Waals surface area contributed by atoms with Gasteiger partial charge in [0.05, 0.1) is 10.9 Å². The van der Waals surface area contributed by atoms with Crippen molar-refractivity contribution in [1.82, 2.24) is 29.4 Å². The van der Waals surface area contributed by atoms with Gasteiger partial charge in [-0.1, -0.05) is 0 Å². The second kappa shape index (κ2) is 8.92. The van der Waals surface area contributed by atoms with Crippen LogP contribution in [0.4, 0.5) is 23.8 Å². The molecule has 1 aliphatic rings. The summed E-state index contributed by atoms with van der Waals surface area (Å²) in [6.45, 7) is 9.39. The van der Waals surface area contributed by atoms with Crippen LogP contribution >= 0.6 is 0 Å². The summed E-state index contributed by atoms with van der Waals surface area (Å²) in [6.07, 6.45) is -1.86. The number of nitrogens with zero attached hydrogens (tertiary/aromatic N) is 8. The number of carbonyl (C=O) groups is 1. The number of alkyl halides is 3. The second-order valence-electron chi connectivity index (χ2n) is 9.64. The van der Waals surface area contributed by atoms with Crippen molar-refractivity contribution in [2.45, 2.75) is 58.5 Å². The maximum atomic E-state index is 14.2. The lowest BCUT2D eigenvalue weighted by atomic mass is 10.1. The van der Waals surface area contributed by atoms with Crippen LogP contribution in [0, 0.1) is 11.3 Å².